The molecule has 3 heterocycles. The number of halogens is 2. The Labute approximate surface area is 119 Å². The lowest BCUT2D eigenvalue weighted by Gasteiger charge is -2.32. The first kappa shape index (κ1) is 12.6. The highest BCUT2D eigenvalue weighted by molar-refractivity contribution is 6.02. The van der Waals surface area contributed by atoms with Gasteiger partial charge in [0.15, 0.2) is 0 Å². The van der Waals surface area contributed by atoms with E-state index in [2.05, 4.69) is 9.97 Å². The Morgan fingerprint density at radius 2 is 2.05 bits per heavy atom. The number of hydrogen-bond acceptors (Lipinski definition) is 3. The first-order valence-corrected chi connectivity index (χ1v) is 6.83. The van der Waals surface area contributed by atoms with Crippen molar-refractivity contribution in [2.24, 2.45) is 0 Å². The summed E-state index contributed by atoms with van der Waals surface area (Å²) in [5.41, 5.74) is 2.13. The third-order valence-electron chi connectivity index (χ3n) is 3.96. The number of alkyl halides is 2. The van der Waals surface area contributed by atoms with Crippen LogP contribution in [0.15, 0.2) is 36.8 Å². The van der Waals surface area contributed by atoms with E-state index < -0.39 is 18.6 Å². The maximum absolute atomic E-state index is 14.2. The summed E-state index contributed by atoms with van der Waals surface area (Å²) in [6.45, 7) is -0.205. The molecule has 0 bridgehead atoms. The molecule has 3 aromatic rings. The molecule has 0 spiro atoms. The molecule has 1 unspecified atom stereocenters. The number of nitrogens with zero attached hydrogens (tertiary/aromatic N) is 3. The van der Waals surface area contributed by atoms with Crippen LogP contribution in [0.1, 0.15) is 12.5 Å². The highest BCUT2D eigenvalue weighted by Gasteiger charge is 2.44. The molecule has 108 valence electrons. The van der Waals surface area contributed by atoms with Crippen molar-refractivity contribution < 1.29 is 13.5 Å². The predicted molar refractivity (Wildman–Crippen MR) is 74.5 cm³/mol. The lowest BCUT2D eigenvalue weighted by atomic mass is 10.0. The second kappa shape index (κ2) is 4.46. The molecule has 0 saturated carbocycles. The summed E-state index contributed by atoms with van der Waals surface area (Å²) in [4.78, 5) is 8.55. The summed E-state index contributed by atoms with van der Waals surface area (Å²) in [6.07, 6.45) is 3.39. The molecule has 0 radical (unpaired) electrons. The number of pyridine rings is 1. The van der Waals surface area contributed by atoms with Gasteiger partial charge in [0, 0.05) is 12.0 Å². The zero-order valence-electron chi connectivity index (χ0n) is 11.2. The largest absolute Gasteiger partial charge is 0.375 e. The van der Waals surface area contributed by atoms with Gasteiger partial charge in [-0.05, 0) is 12.5 Å². The lowest BCUT2D eigenvalue weighted by Crippen LogP contribution is -2.40. The summed E-state index contributed by atoms with van der Waals surface area (Å²) >= 11 is 0. The van der Waals surface area contributed by atoms with Gasteiger partial charge in [-0.25, -0.2) is 13.8 Å². The molecule has 1 aromatic carbocycles. The number of rotatable bonds is 1. The molecule has 2 aromatic heterocycles. The fraction of sp³-hybridized carbons (Fsp3) is 0.333. The Bertz CT molecular complexity index is 815. The quantitative estimate of drug-likeness (QED) is 0.690. The fourth-order valence-corrected chi connectivity index (χ4v) is 2.95. The summed E-state index contributed by atoms with van der Waals surface area (Å²) in [6, 6.07) is 6.59. The number of fused-ring (bicyclic) bond motifs is 3. The SMILES string of the molecule is FC1(F)COCCC1n1cnc2cnc3ccccc3c21. The van der Waals surface area contributed by atoms with Crippen LogP contribution in [-0.2, 0) is 4.74 Å². The van der Waals surface area contributed by atoms with Crippen LogP contribution in [-0.4, -0.2) is 33.7 Å². The first-order valence-electron chi connectivity index (χ1n) is 6.83. The van der Waals surface area contributed by atoms with E-state index in [0.29, 0.717) is 17.6 Å². The molecule has 0 N–H and O–H groups in total. The second-order valence-corrected chi connectivity index (χ2v) is 5.28. The van der Waals surface area contributed by atoms with Gasteiger partial charge < -0.3 is 9.30 Å². The van der Waals surface area contributed by atoms with E-state index in [1.165, 1.54) is 6.33 Å². The van der Waals surface area contributed by atoms with Crippen LogP contribution in [0.3, 0.4) is 0 Å². The van der Waals surface area contributed by atoms with Crippen LogP contribution in [0, 0.1) is 0 Å². The van der Waals surface area contributed by atoms with Gasteiger partial charge in [0.2, 0.25) is 0 Å². The zero-order valence-corrected chi connectivity index (χ0v) is 11.2. The van der Waals surface area contributed by atoms with Crippen molar-refractivity contribution in [3.8, 4) is 0 Å². The van der Waals surface area contributed by atoms with E-state index in [0.717, 1.165) is 10.9 Å². The van der Waals surface area contributed by atoms with Crippen LogP contribution >= 0.6 is 0 Å². The maximum atomic E-state index is 14.2. The van der Waals surface area contributed by atoms with E-state index in [4.69, 9.17) is 4.74 Å². The van der Waals surface area contributed by atoms with Gasteiger partial charge in [-0.1, -0.05) is 18.2 Å². The van der Waals surface area contributed by atoms with Gasteiger partial charge in [0.1, 0.15) is 18.2 Å². The molecule has 1 aliphatic rings. The average molecular weight is 289 g/mol. The van der Waals surface area contributed by atoms with E-state index in [9.17, 15) is 8.78 Å². The summed E-state index contributed by atoms with van der Waals surface area (Å²) in [7, 11) is 0. The van der Waals surface area contributed by atoms with Gasteiger partial charge in [-0.3, -0.25) is 4.98 Å². The Hall–Kier alpha value is -2.08. The van der Waals surface area contributed by atoms with Gasteiger partial charge in [-0.15, -0.1) is 0 Å². The highest BCUT2D eigenvalue weighted by atomic mass is 19.3. The third-order valence-corrected chi connectivity index (χ3v) is 3.96. The number of imidazole rings is 1. The van der Waals surface area contributed by atoms with Crippen molar-refractivity contribution in [2.45, 2.75) is 18.4 Å². The minimum atomic E-state index is -2.89. The molecule has 6 heteroatoms. The Kier molecular flexibility index (Phi) is 2.68. The van der Waals surface area contributed by atoms with E-state index in [1.54, 1.807) is 10.8 Å². The summed E-state index contributed by atoms with van der Waals surface area (Å²) < 4.78 is 34.8. The molecule has 0 aliphatic carbocycles. The summed E-state index contributed by atoms with van der Waals surface area (Å²) in [5, 5.41) is 0.842. The molecule has 1 aliphatic heterocycles. The van der Waals surface area contributed by atoms with Crippen LogP contribution < -0.4 is 0 Å². The Morgan fingerprint density at radius 1 is 1.19 bits per heavy atom. The number of benzene rings is 1. The monoisotopic (exact) mass is 289 g/mol. The molecular weight excluding hydrogens is 276 g/mol. The fourth-order valence-electron chi connectivity index (χ4n) is 2.95. The van der Waals surface area contributed by atoms with Gasteiger partial charge in [0.05, 0.1) is 23.6 Å². The average Bonchev–Trinajstić information content (AvgIpc) is 2.91. The van der Waals surface area contributed by atoms with Crippen molar-refractivity contribution in [3.63, 3.8) is 0 Å². The van der Waals surface area contributed by atoms with Crippen molar-refractivity contribution in [1.29, 1.82) is 0 Å². The van der Waals surface area contributed by atoms with Gasteiger partial charge >= 0.3 is 0 Å². The molecule has 4 nitrogen and oxygen atoms in total. The normalized spacial score (nSPS) is 21.9. The Morgan fingerprint density at radius 3 is 2.90 bits per heavy atom. The topological polar surface area (TPSA) is 39.9 Å². The minimum absolute atomic E-state index is 0.273. The van der Waals surface area contributed by atoms with Gasteiger partial charge in [0.25, 0.3) is 5.92 Å². The lowest BCUT2D eigenvalue weighted by molar-refractivity contribution is -0.146. The number of hydrogen-bond donors (Lipinski definition) is 0. The van der Waals surface area contributed by atoms with Gasteiger partial charge in [-0.2, -0.15) is 0 Å². The number of para-hydroxylation sites is 1. The molecule has 21 heavy (non-hydrogen) atoms. The molecular formula is C15H13F2N3O. The summed E-state index contributed by atoms with van der Waals surface area (Å²) in [5.74, 6) is -2.89. The van der Waals surface area contributed by atoms with Crippen LogP contribution in [0.2, 0.25) is 0 Å². The van der Waals surface area contributed by atoms with Crippen molar-refractivity contribution in [1.82, 2.24) is 14.5 Å². The standard InChI is InChI=1S/C15H13F2N3O/c16-15(17)8-21-6-5-13(15)20-9-19-12-7-18-11-4-2-1-3-10(11)14(12)20/h1-4,7,9,13H,5-6,8H2. The van der Waals surface area contributed by atoms with Crippen LogP contribution in [0.25, 0.3) is 21.9 Å². The number of ether oxygens (including phenoxy) is 1. The first-order chi connectivity index (χ1) is 10.2. The molecule has 1 atom stereocenters. The predicted octanol–water partition coefficient (Wildman–Crippen LogP) is 3.18. The number of aromatic nitrogens is 3. The van der Waals surface area contributed by atoms with Crippen molar-refractivity contribution in [3.05, 3.63) is 36.8 Å². The van der Waals surface area contributed by atoms with Crippen molar-refractivity contribution >= 4 is 21.9 Å². The highest BCUT2D eigenvalue weighted by Crippen LogP contribution is 2.38. The second-order valence-electron chi connectivity index (χ2n) is 5.28. The van der Waals surface area contributed by atoms with E-state index >= 15 is 0 Å². The van der Waals surface area contributed by atoms with E-state index in [1.807, 2.05) is 24.3 Å². The van der Waals surface area contributed by atoms with Crippen LogP contribution in [0.5, 0.6) is 0 Å². The minimum Gasteiger partial charge on any atom is -0.375 e. The smallest absolute Gasteiger partial charge is 0.291 e. The molecule has 4 rings (SSSR count). The zero-order chi connectivity index (χ0) is 14.4. The Balaban J connectivity index is 1.99. The van der Waals surface area contributed by atoms with E-state index in [-0.39, 0.29) is 6.42 Å². The maximum Gasteiger partial charge on any atom is 0.291 e. The van der Waals surface area contributed by atoms with Crippen LogP contribution in [0.4, 0.5) is 8.78 Å². The van der Waals surface area contributed by atoms with Crippen molar-refractivity contribution in [2.75, 3.05) is 13.2 Å². The molecule has 0 amide bonds. The molecule has 1 saturated heterocycles. The third kappa shape index (κ3) is 1.90. The molecule has 1 fully saturated rings.